The average Bonchev–Trinajstić information content (AvgIpc) is 2.68. The normalized spacial score (nSPS) is 14.8. The highest BCUT2D eigenvalue weighted by Gasteiger charge is 2.24. The number of fused-ring (bicyclic) bond motifs is 1. The summed E-state index contributed by atoms with van der Waals surface area (Å²) in [7, 11) is 0. The van der Waals surface area contributed by atoms with E-state index in [1.54, 1.807) is 23.2 Å². The van der Waals surface area contributed by atoms with Crippen LogP contribution in [0.25, 0.3) is 10.8 Å². The van der Waals surface area contributed by atoms with Gasteiger partial charge in [0.25, 0.3) is 5.56 Å². The van der Waals surface area contributed by atoms with Crippen LogP contribution in [0, 0.1) is 5.92 Å². The van der Waals surface area contributed by atoms with Gasteiger partial charge in [0.2, 0.25) is 11.8 Å². The number of nitrogens with zero attached hydrogens (tertiary/aromatic N) is 4. The van der Waals surface area contributed by atoms with Crippen molar-refractivity contribution < 1.29 is 9.59 Å². The molecule has 2 aromatic rings. The van der Waals surface area contributed by atoms with E-state index in [1.165, 1.54) is 4.68 Å². The second kappa shape index (κ2) is 8.33. The standard InChI is InChI=1S/C20H26N4O3/c1-15(2)7-8-18(25)22-9-11-23(12-10-22)19(26)14-24-20(27)17-6-4-3-5-16(17)13-21-24/h3-6,13,15H,7-12,14H2,1-2H3. The van der Waals surface area contributed by atoms with Gasteiger partial charge in [-0.3, -0.25) is 14.4 Å². The quantitative estimate of drug-likeness (QED) is 0.799. The monoisotopic (exact) mass is 370 g/mol. The van der Waals surface area contributed by atoms with Crippen LogP contribution in [-0.4, -0.2) is 57.6 Å². The van der Waals surface area contributed by atoms with E-state index in [-0.39, 0.29) is 23.9 Å². The molecule has 1 aliphatic heterocycles. The second-order valence-corrected chi connectivity index (χ2v) is 7.39. The predicted molar refractivity (Wildman–Crippen MR) is 103 cm³/mol. The summed E-state index contributed by atoms with van der Waals surface area (Å²) >= 11 is 0. The molecule has 0 saturated carbocycles. The molecule has 1 fully saturated rings. The van der Waals surface area contributed by atoms with Crippen molar-refractivity contribution in [2.45, 2.75) is 33.2 Å². The van der Waals surface area contributed by atoms with E-state index in [4.69, 9.17) is 0 Å². The van der Waals surface area contributed by atoms with Gasteiger partial charge >= 0.3 is 0 Å². The number of carbonyl (C=O) groups excluding carboxylic acids is 2. The highest BCUT2D eigenvalue weighted by atomic mass is 16.2. The number of hydrogen-bond acceptors (Lipinski definition) is 4. The average molecular weight is 370 g/mol. The molecule has 1 aliphatic rings. The van der Waals surface area contributed by atoms with Gasteiger partial charge in [-0.25, -0.2) is 4.68 Å². The minimum atomic E-state index is -0.260. The van der Waals surface area contributed by atoms with E-state index in [0.717, 1.165) is 11.8 Å². The van der Waals surface area contributed by atoms with Crippen molar-refractivity contribution >= 4 is 22.6 Å². The summed E-state index contributed by atoms with van der Waals surface area (Å²) in [6, 6.07) is 7.21. The van der Waals surface area contributed by atoms with Gasteiger partial charge in [0, 0.05) is 38.0 Å². The fourth-order valence-corrected chi connectivity index (χ4v) is 3.24. The van der Waals surface area contributed by atoms with Crippen LogP contribution in [0.15, 0.2) is 35.3 Å². The third-order valence-corrected chi connectivity index (χ3v) is 4.97. The number of aromatic nitrogens is 2. The molecule has 0 spiro atoms. The maximum Gasteiger partial charge on any atom is 0.275 e. The van der Waals surface area contributed by atoms with E-state index < -0.39 is 0 Å². The largest absolute Gasteiger partial charge is 0.339 e. The molecule has 7 nitrogen and oxygen atoms in total. The molecule has 0 unspecified atom stereocenters. The summed E-state index contributed by atoms with van der Waals surface area (Å²) in [6.45, 7) is 6.21. The van der Waals surface area contributed by atoms with Crippen molar-refractivity contribution in [3.05, 3.63) is 40.8 Å². The third kappa shape index (κ3) is 4.53. The van der Waals surface area contributed by atoms with E-state index in [1.807, 2.05) is 17.0 Å². The van der Waals surface area contributed by atoms with Gasteiger partial charge in [0.15, 0.2) is 0 Å². The molecule has 2 amide bonds. The number of carbonyl (C=O) groups is 2. The lowest BCUT2D eigenvalue weighted by Gasteiger charge is -2.35. The molecule has 144 valence electrons. The summed E-state index contributed by atoms with van der Waals surface area (Å²) in [5.41, 5.74) is -0.260. The smallest absolute Gasteiger partial charge is 0.275 e. The van der Waals surface area contributed by atoms with E-state index >= 15 is 0 Å². The Morgan fingerprint density at radius 3 is 2.33 bits per heavy atom. The number of benzene rings is 1. The molecule has 0 atom stereocenters. The van der Waals surface area contributed by atoms with Crippen molar-refractivity contribution in [2.75, 3.05) is 26.2 Å². The van der Waals surface area contributed by atoms with Crippen LogP contribution in [-0.2, 0) is 16.1 Å². The first-order valence-corrected chi connectivity index (χ1v) is 9.46. The molecule has 1 aromatic heterocycles. The Morgan fingerprint density at radius 1 is 1.04 bits per heavy atom. The minimum absolute atomic E-state index is 0.0784. The highest BCUT2D eigenvalue weighted by molar-refractivity contribution is 5.81. The van der Waals surface area contributed by atoms with Gasteiger partial charge in [0.05, 0.1) is 11.6 Å². The van der Waals surface area contributed by atoms with E-state index in [9.17, 15) is 14.4 Å². The fourth-order valence-electron chi connectivity index (χ4n) is 3.24. The molecule has 27 heavy (non-hydrogen) atoms. The topological polar surface area (TPSA) is 75.5 Å². The van der Waals surface area contributed by atoms with Crippen molar-refractivity contribution in [1.29, 1.82) is 0 Å². The Labute approximate surface area is 158 Å². The first-order chi connectivity index (χ1) is 13.0. The van der Waals surface area contributed by atoms with Crippen molar-refractivity contribution in [2.24, 2.45) is 5.92 Å². The Bertz CT molecular complexity index is 882. The first-order valence-electron chi connectivity index (χ1n) is 9.46. The van der Waals surface area contributed by atoms with Gasteiger partial charge in [-0.05, 0) is 18.4 Å². The first kappa shape index (κ1) is 19.1. The van der Waals surface area contributed by atoms with E-state index in [0.29, 0.717) is 43.9 Å². The lowest BCUT2D eigenvalue weighted by atomic mass is 10.1. The third-order valence-electron chi connectivity index (χ3n) is 4.97. The number of piperazine rings is 1. The Balaban J connectivity index is 1.58. The molecular weight excluding hydrogens is 344 g/mol. The highest BCUT2D eigenvalue weighted by Crippen LogP contribution is 2.10. The molecule has 0 aliphatic carbocycles. The predicted octanol–water partition coefficient (Wildman–Crippen LogP) is 1.50. The molecule has 2 heterocycles. The molecule has 1 aromatic carbocycles. The van der Waals surface area contributed by atoms with Crippen LogP contribution in [0.4, 0.5) is 0 Å². The molecular formula is C20H26N4O3. The lowest BCUT2D eigenvalue weighted by molar-refractivity contribution is -0.140. The Hall–Kier alpha value is -2.70. The molecule has 1 saturated heterocycles. The van der Waals surface area contributed by atoms with Crippen LogP contribution < -0.4 is 5.56 Å². The zero-order valence-electron chi connectivity index (χ0n) is 15.9. The number of hydrogen-bond donors (Lipinski definition) is 0. The van der Waals surface area contributed by atoms with Crippen LogP contribution in [0.1, 0.15) is 26.7 Å². The summed E-state index contributed by atoms with van der Waals surface area (Å²) in [6.07, 6.45) is 3.05. The zero-order valence-corrected chi connectivity index (χ0v) is 15.9. The molecule has 0 bridgehead atoms. The van der Waals surface area contributed by atoms with Crippen LogP contribution >= 0.6 is 0 Å². The summed E-state index contributed by atoms with van der Waals surface area (Å²) in [5, 5.41) is 5.44. The van der Waals surface area contributed by atoms with Crippen LogP contribution in [0.5, 0.6) is 0 Å². The summed E-state index contributed by atoms with van der Waals surface area (Å²) < 4.78 is 1.21. The maximum absolute atomic E-state index is 12.6. The molecule has 0 N–H and O–H groups in total. The SMILES string of the molecule is CC(C)CCC(=O)N1CCN(C(=O)Cn2ncc3ccccc3c2=O)CC1. The molecule has 7 heteroatoms. The van der Waals surface area contributed by atoms with Crippen molar-refractivity contribution in [3.8, 4) is 0 Å². The van der Waals surface area contributed by atoms with Gasteiger partial charge in [-0.2, -0.15) is 5.10 Å². The van der Waals surface area contributed by atoms with Gasteiger partial charge < -0.3 is 9.80 Å². The van der Waals surface area contributed by atoms with Crippen molar-refractivity contribution in [1.82, 2.24) is 19.6 Å². The maximum atomic E-state index is 12.6. The van der Waals surface area contributed by atoms with E-state index in [2.05, 4.69) is 18.9 Å². The lowest BCUT2D eigenvalue weighted by Crippen LogP contribution is -2.51. The van der Waals surface area contributed by atoms with Crippen LogP contribution in [0.2, 0.25) is 0 Å². The zero-order chi connectivity index (χ0) is 19.4. The molecule has 3 rings (SSSR count). The summed E-state index contributed by atoms with van der Waals surface area (Å²) in [4.78, 5) is 40.8. The van der Waals surface area contributed by atoms with Gasteiger partial charge in [-0.15, -0.1) is 0 Å². The Kier molecular flexibility index (Phi) is 5.88. The number of rotatable bonds is 5. The summed E-state index contributed by atoms with van der Waals surface area (Å²) in [5.74, 6) is 0.516. The Morgan fingerprint density at radius 2 is 1.67 bits per heavy atom. The van der Waals surface area contributed by atoms with Crippen molar-refractivity contribution in [3.63, 3.8) is 0 Å². The number of amides is 2. The van der Waals surface area contributed by atoms with Crippen LogP contribution in [0.3, 0.4) is 0 Å². The second-order valence-electron chi connectivity index (χ2n) is 7.39. The molecule has 0 radical (unpaired) electrons. The van der Waals surface area contributed by atoms with Gasteiger partial charge in [0.1, 0.15) is 6.54 Å². The fraction of sp³-hybridized carbons (Fsp3) is 0.500. The van der Waals surface area contributed by atoms with Gasteiger partial charge in [-0.1, -0.05) is 32.0 Å². The minimum Gasteiger partial charge on any atom is -0.339 e.